The van der Waals surface area contributed by atoms with Crippen molar-refractivity contribution in [3.05, 3.63) is 58.6 Å². The van der Waals surface area contributed by atoms with Crippen molar-refractivity contribution in [2.24, 2.45) is 0 Å². The van der Waals surface area contributed by atoms with Crippen molar-refractivity contribution in [3.63, 3.8) is 0 Å². The lowest BCUT2D eigenvalue weighted by molar-refractivity contribution is -0.140. The number of carbonyl (C=O) groups excluding carboxylic acids is 1. The molecule has 1 fully saturated rings. The number of fused-ring (bicyclic) bond motifs is 1. The number of ether oxygens (including phenoxy) is 1. The van der Waals surface area contributed by atoms with Gasteiger partial charge in [-0.15, -0.1) is 0 Å². The zero-order valence-electron chi connectivity index (χ0n) is 18.6. The average molecular weight is 488 g/mol. The van der Waals surface area contributed by atoms with Gasteiger partial charge in [0.25, 0.3) is 5.91 Å². The molecule has 2 atom stereocenters. The van der Waals surface area contributed by atoms with E-state index in [0.717, 1.165) is 18.5 Å². The molecule has 1 amide bonds. The molecule has 1 aliphatic rings. The van der Waals surface area contributed by atoms with E-state index in [1.165, 1.54) is 12.1 Å². The Kier molecular flexibility index (Phi) is 7.23. The van der Waals surface area contributed by atoms with E-state index in [0.29, 0.717) is 28.8 Å². The lowest BCUT2D eigenvalue weighted by Gasteiger charge is -2.18. The van der Waals surface area contributed by atoms with Crippen LogP contribution in [0.4, 0.5) is 13.2 Å². The van der Waals surface area contributed by atoms with Crippen LogP contribution in [0.15, 0.2) is 51.7 Å². The standard InChI is InChI=1S/C24H23F3N4O4/c25-24(26,27)14-31-19-11-17(6-7-20(19)35-23(31)33)16-4-2-15(3-5-16)10-18(12-28)30-22(32)21-13-29-8-1-9-34-21/h2-7,11,18,21,29H,1,8-10,13-14H2,(H,30,32)/t18?,21-/m0/s1. The summed E-state index contributed by atoms with van der Waals surface area (Å²) < 4.78 is 49.6. The number of hydrogen-bond acceptors (Lipinski definition) is 6. The molecular weight excluding hydrogens is 465 g/mol. The van der Waals surface area contributed by atoms with Gasteiger partial charge in [-0.05, 0) is 41.8 Å². The maximum atomic E-state index is 12.9. The number of hydrogen-bond donors (Lipinski definition) is 2. The molecule has 0 aliphatic carbocycles. The fourth-order valence-electron chi connectivity index (χ4n) is 3.92. The Balaban J connectivity index is 1.47. The summed E-state index contributed by atoms with van der Waals surface area (Å²) in [7, 11) is 0. The highest BCUT2D eigenvalue weighted by atomic mass is 19.4. The van der Waals surface area contributed by atoms with Crippen molar-refractivity contribution in [1.82, 2.24) is 15.2 Å². The van der Waals surface area contributed by atoms with Crippen molar-refractivity contribution in [2.75, 3.05) is 19.7 Å². The van der Waals surface area contributed by atoms with Crippen molar-refractivity contribution in [3.8, 4) is 17.2 Å². The maximum Gasteiger partial charge on any atom is 0.420 e. The minimum atomic E-state index is -4.57. The second kappa shape index (κ2) is 10.3. The number of nitrogens with zero attached hydrogens (tertiary/aromatic N) is 2. The molecule has 0 radical (unpaired) electrons. The van der Waals surface area contributed by atoms with Crippen LogP contribution in [0.2, 0.25) is 0 Å². The SMILES string of the molecule is N#CC(Cc1ccc(-c2ccc3oc(=O)n(CC(F)(F)F)c3c2)cc1)NC(=O)[C@@H]1CNCCCO1. The largest absolute Gasteiger partial charge is 0.420 e. The number of benzene rings is 2. The van der Waals surface area contributed by atoms with E-state index in [1.54, 1.807) is 30.3 Å². The van der Waals surface area contributed by atoms with Crippen molar-refractivity contribution >= 4 is 17.0 Å². The Hall–Kier alpha value is -3.62. The molecule has 1 aromatic heterocycles. The minimum absolute atomic E-state index is 0.0522. The number of carbonyl (C=O) groups is 1. The normalized spacial score (nSPS) is 17.5. The highest BCUT2D eigenvalue weighted by Crippen LogP contribution is 2.26. The Morgan fingerprint density at radius 1 is 1.23 bits per heavy atom. The van der Waals surface area contributed by atoms with Gasteiger partial charge in [0.2, 0.25) is 0 Å². The van der Waals surface area contributed by atoms with E-state index in [1.807, 2.05) is 0 Å². The number of oxazole rings is 1. The van der Waals surface area contributed by atoms with Gasteiger partial charge in [-0.3, -0.25) is 9.36 Å². The van der Waals surface area contributed by atoms with Gasteiger partial charge >= 0.3 is 11.9 Å². The number of rotatable bonds is 6. The highest BCUT2D eigenvalue weighted by Gasteiger charge is 2.30. The number of nitrogens with one attached hydrogen (secondary N) is 2. The van der Waals surface area contributed by atoms with Crippen molar-refractivity contribution in [2.45, 2.75) is 37.7 Å². The van der Waals surface area contributed by atoms with Gasteiger partial charge in [-0.1, -0.05) is 30.3 Å². The number of halogens is 3. The van der Waals surface area contributed by atoms with Crippen LogP contribution in [0.5, 0.6) is 0 Å². The molecule has 8 nitrogen and oxygen atoms in total. The van der Waals surface area contributed by atoms with Crippen LogP contribution >= 0.6 is 0 Å². The van der Waals surface area contributed by atoms with Gasteiger partial charge < -0.3 is 19.8 Å². The first-order chi connectivity index (χ1) is 16.7. The number of aromatic nitrogens is 1. The quantitative estimate of drug-likeness (QED) is 0.552. The van der Waals surface area contributed by atoms with E-state index >= 15 is 0 Å². The molecule has 2 N–H and O–H groups in total. The Morgan fingerprint density at radius 2 is 1.97 bits per heavy atom. The van der Waals surface area contributed by atoms with E-state index in [-0.39, 0.29) is 23.4 Å². The molecule has 1 unspecified atom stereocenters. The third-order valence-corrected chi connectivity index (χ3v) is 5.64. The van der Waals surface area contributed by atoms with Crippen LogP contribution in [0, 0.1) is 11.3 Å². The Bertz CT molecular complexity index is 1280. The third kappa shape index (κ3) is 6.09. The van der Waals surface area contributed by atoms with Gasteiger partial charge in [0.05, 0.1) is 11.6 Å². The van der Waals surface area contributed by atoms with Crippen LogP contribution in [-0.2, 0) is 22.5 Å². The van der Waals surface area contributed by atoms with Gasteiger partial charge in [-0.2, -0.15) is 18.4 Å². The lowest BCUT2D eigenvalue weighted by atomic mass is 10.0. The summed E-state index contributed by atoms with van der Waals surface area (Å²) >= 11 is 0. The number of nitriles is 1. The monoisotopic (exact) mass is 488 g/mol. The van der Waals surface area contributed by atoms with Gasteiger partial charge in [0.1, 0.15) is 18.7 Å². The molecule has 11 heteroatoms. The van der Waals surface area contributed by atoms with Crippen LogP contribution < -0.4 is 16.4 Å². The molecule has 1 aliphatic heterocycles. The second-order valence-corrected chi connectivity index (χ2v) is 8.26. The Labute approximate surface area is 198 Å². The predicted octanol–water partition coefficient (Wildman–Crippen LogP) is 2.75. The smallest absolute Gasteiger partial charge is 0.408 e. The highest BCUT2D eigenvalue weighted by molar-refractivity contribution is 5.82. The first kappa shape index (κ1) is 24.5. The van der Waals surface area contributed by atoms with Crippen LogP contribution in [0.1, 0.15) is 12.0 Å². The molecule has 2 heterocycles. The van der Waals surface area contributed by atoms with E-state index < -0.39 is 30.6 Å². The van der Waals surface area contributed by atoms with Crippen molar-refractivity contribution in [1.29, 1.82) is 5.26 Å². The molecule has 2 aromatic carbocycles. The number of amides is 1. The summed E-state index contributed by atoms with van der Waals surface area (Å²) in [6, 6.07) is 13.0. The molecule has 0 saturated carbocycles. The zero-order chi connectivity index (χ0) is 25.0. The summed E-state index contributed by atoms with van der Waals surface area (Å²) in [5.41, 5.74) is 2.22. The fraction of sp³-hybridized carbons (Fsp3) is 0.375. The molecule has 3 aromatic rings. The topological polar surface area (TPSA) is 109 Å². The van der Waals surface area contributed by atoms with E-state index in [2.05, 4.69) is 16.7 Å². The summed E-state index contributed by atoms with van der Waals surface area (Å²) in [4.78, 5) is 24.3. The minimum Gasteiger partial charge on any atom is -0.408 e. The molecule has 4 rings (SSSR count). The predicted molar refractivity (Wildman–Crippen MR) is 120 cm³/mol. The van der Waals surface area contributed by atoms with E-state index in [4.69, 9.17) is 9.15 Å². The zero-order valence-corrected chi connectivity index (χ0v) is 18.6. The Morgan fingerprint density at radius 3 is 2.69 bits per heavy atom. The number of alkyl halides is 3. The summed E-state index contributed by atoms with van der Waals surface area (Å²) in [6.45, 7) is 0.188. The van der Waals surface area contributed by atoms with Crippen LogP contribution in [0.25, 0.3) is 22.2 Å². The lowest BCUT2D eigenvalue weighted by Crippen LogP contribution is -2.46. The first-order valence-corrected chi connectivity index (χ1v) is 11.1. The molecular formula is C24H23F3N4O4. The van der Waals surface area contributed by atoms with E-state index in [9.17, 15) is 28.0 Å². The fourth-order valence-corrected chi connectivity index (χ4v) is 3.92. The molecule has 0 spiro atoms. The second-order valence-electron chi connectivity index (χ2n) is 8.26. The molecule has 184 valence electrons. The van der Waals surface area contributed by atoms with Crippen LogP contribution in [0.3, 0.4) is 0 Å². The van der Waals surface area contributed by atoms with Gasteiger partial charge in [0, 0.05) is 19.6 Å². The molecule has 35 heavy (non-hydrogen) atoms. The molecule has 1 saturated heterocycles. The van der Waals surface area contributed by atoms with Crippen molar-refractivity contribution < 1.29 is 27.1 Å². The first-order valence-electron chi connectivity index (χ1n) is 11.1. The average Bonchev–Trinajstić information content (AvgIpc) is 2.99. The summed E-state index contributed by atoms with van der Waals surface area (Å²) in [5, 5.41) is 15.3. The van der Waals surface area contributed by atoms with Crippen LogP contribution in [-0.4, -0.2) is 48.5 Å². The van der Waals surface area contributed by atoms with Gasteiger partial charge in [-0.25, -0.2) is 4.79 Å². The maximum absolute atomic E-state index is 12.9. The third-order valence-electron chi connectivity index (χ3n) is 5.64. The molecule has 0 bridgehead atoms. The summed E-state index contributed by atoms with van der Waals surface area (Å²) in [5.74, 6) is -1.42. The van der Waals surface area contributed by atoms with Gasteiger partial charge in [0.15, 0.2) is 5.58 Å². The summed E-state index contributed by atoms with van der Waals surface area (Å²) in [6.07, 6.45) is -4.13.